The second-order valence-electron chi connectivity index (χ2n) is 2.75. The van der Waals surface area contributed by atoms with Crippen molar-refractivity contribution in [2.24, 2.45) is 0 Å². The molecule has 1 N–H and O–H groups in total. The molecule has 0 bridgehead atoms. The van der Waals surface area contributed by atoms with Crippen molar-refractivity contribution in [3.05, 3.63) is 42.2 Å². The molecule has 0 aliphatic rings. The van der Waals surface area contributed by atoms with Crippen molar-refractivity contribution >= 4 is 5.97 Å². The molecule has 0 atom stereocenters. The second kappa shape index (κ2) is 5.70. The maximum Gasteiger partial charge on any atom is 0.341 e. The predicted octanol–water partition coefficient (Wildman–Crippen LogP) is 3.07. The van der Waals surface area contributed by atoms with Crippen molar-refractivity contribution in [1.82, 2.24) is 5.16 Å². The van der Waals surface area contributed by atoms with Crippen LogP contribution in [0.4, 0.5) is 0 Å². The number of aromatic nitrogens is 1. The van der Waals surface area contributed by atoms with Crippen molar-refractivity contribution in [2.45, 2.75) is 13.8 Å². The van der Waals surface area contributed by atoms with Crippen LogP contribution in [0.25, 0.3) is 11.3 Å². The van der Waals surface area contributed by atoms with Crippen molar-refractivity contribution < 1.29 is 14.4 Å². The van der Waals surface area contributed by atoms with Gasteiger partial charge in [-0.1, -0.05) is 49.3 Å². The average molecular weight is 219 g/mol. The maximum absolute atomic E-state index is 10.8. The molecule has 0 saturated heterocycles. The molecule has 2 rings (SSSR count). The summed E-state index contributed by atoms with van der Waals surface area (Å²) in [6.45, 7) is 4.00. The van der Waals surface area contributed by atoms with E-state index < -0.39 is 5.97 Å². The fraction of sp³-hybridized carbons (Fsp3) is 0.167. The van der Waals surface area contributed by atoms with Crippen LogP contribution in [0.15, 0.2) is 41.1 Å². The van der Waals surface area contributed by atoms with Crippen LogP contribution in [0.3, 0.4) is 0 Å². The normalized spacial score (nSPS) is 9.12. The van der Waals surface area contributed by atoms with Gasteiger partial charge in [0, 0.05) is 5.56 Å². The topological polar surface area (TPSA) is 63.3 Å². The number of aromatic carboxylic acids is 1. The van der Waals surface area contributed by atoms with Gasteiger partial charge in [-0.25, -0.2) is 4.79 Å². The van der Waals surface area contributed by atoms with E-state index in [-0.39, 0.29) is 5.56 Å². The molecule has 1 aromatic heterocycles. The summed E-state index contributed by atoms with van der Waals surface area (Å²) in [7, 11) is 0. The Morgan fingerprint density at radius 3 is 2.44 bits per heavy atom. The van der Waals surface area contributed by atoms with Crippen molar-refractivity contribution in [3.63, 3.8) is 0 Å². The van der Waals surface area contributed by atoms with E-state index in [1.807, 2.05) is 32.0 Å². The quantitative estimate of drug-likeness (QED) is 0.843. The van der Waals surface area contributed by atoms with Crippen LogP contribution in [0.2, 0.25) is 0 Å². The fourth-order valence-electron chi connectivity index (χ4n) is 1.19. The highest BCUT2D eigenvalue weighted by atomic mass is 16.5. The lowest BCUT2D eigenvalue weighted by molar-refractivity contribution is 0.0697. The molecule has 0 unspecified atom stereocenters. The van der Waals surface area contributed by atoms with E-state index >= 15 is 0 Å². The van der Waals surface area contributed by atoms with Gasteiger partial charge in [-0.15, -0.1) is 0 Å². The predicted molar refractivity (Wildman–Crippen MR) is 60.2 cm³/mol. The number of hydrogen-bond donors (Lipinski definition) is 1. The van der Waals surface area contributed by atoms with Crippen LogP contribution < -0.4 is 0 Å². The first-order chi connectivity index (χ1) is 7.79. The zero-order valence-electron chi connectivity index (χ0n) is 9.18. The monoisotopic (exact) mass is 219 g/mol. The van der Waals surface area contributed by atoms with Crippen LogP contribution in [0.1, 0.15) is 24.2 Å². The van der Waals surface area contributed by atoms with Gasteiger partial charge in [0.1, 0.15) is 17.5 Å². The zero-order chi connectivity index (χ0) is 12.0. The Kier molecular flexibility index (Phi) is 4.27. The molecule has 0 radical (unpaired) electrons. The van der Waals surface area contributed by atoms with E-state index in [0.29, 0.717) is 5.69 Å². The molecule has 16 heavy (non-hydrogen) atoms. The lowest BCUT2D eigenvalue weighted by atomic mass is 10.1. The molecule has 1 aromatic carbocycles. The highest BCUT2D eigenvalue weighted by Crippen LogP contribution is 2.21. The molecule has 0 aliphatic carbocycles. The number of carbonyl (C=O) groups is 1. The molecule has 0 aliphatic heterocycles. The highest BCUT2D eigenvalue weighted by Gasteiger charge is 2.15. The van der Waals surface area contributed by atoms with Gasteiger partial charge in [-0.05, 0) is 0 Å². The number of hydrogen-bond acceptors (Lipinski definition) is 3. The van der Waals surface area contributed by atoms with E-state index in [9.17, 15) is 4.79 Å². The molecular weight excluding hydrogens is 206 g/mol. The lowest BCUT2D eigenvalue weighted by Crippen LogP contribution is -1.96. The Morgan fingerprint density at radius 2 is 1.88 bits per heavy atom. The van der Waals surface area contributed by atoms with Crippen LogP contribution in [0, 0.1) is 0 Å². The van der Waals surface area contributed by atoms with E-state index in [0.717, 1.165) is 11.8 Å². The van der Waals surface area contributed by atoms with Gasteiger partial charge < -0.3 is 9.63 Å². The maximum atomic E-state index is 10.8. The molecule has 2 aromatic rings. The molecule has 0 saturated carbocycles. The van der Waals surface area contributed by atoms with Crippen LogP contribution in [0.5, 0.6) is 0 Å². The fourth-order valence-corrected chi connectivity index (χ4v) is 1.19. The smallest absolute Gasteiger partial charge is 0.341 e. The van der Waals surface area contributed by atoms with Gasteiger partial charge in [0.05, 0.1) is 0 Å². The van der Waals surface area contributed by atoms with Gasteiger partial charge in [-0.3, -0.25) is 0 Å². The Labute approximate surface area is 93.5 Å². The Balaban J connectivity index is 0.000000606. The van der Waals surface area contributed by atoms with Gasteiger partial charge in [0.25, 0.3) is 0 Å². The summed E-state index contributed by atoms with van der Waals surface area (Å²) in [5, 5.41) is 12.5. The molecular formula is C12H13NO3. The lowest BCUT2D eigenvalue weighted by Gasteiger charge is -1.95. The molecule has 84 valence electrons. The summed E-state index contributed by atoms with van der Waals surface area (Å²) < 4.78 is 4.63. The van der Waals surface area contributed by atoms with Gasteiger partial charge in [0.2, 0.25) is 0 Å². The SMILES string of the molecule is CC.O=C(O)c1conc1-c1ccccc1. The molecule has 4 heteroatoms. The largest absolute Gasteiger partial charge is 0.477 e. The van der Waals surface area contributed by atoms with E-state index in [1.165, 1.54) is 0 Å². The summed E-state index contributed by atoms with van der Waals surface area (Å²) in [4.78, 5) is 10.8. The van der Waals surface area contributed by atoms with Crippen molar-refractivity contribution in [3.8, 4) is 11.3 Å². The summed E-state index contributed by atoms with van der Waals surface area (Å²) >= 11 is 0. The molecule has 0 fully saturated rings. The van der Waals surface area contributed by atoms with Crippen molar-refractivity contribution in [1.29, 1.82) is 0 Å². The van der Waals surface area contributed by atoms with Crippen LogP contribution in [-0.4, -0.2) is 16.2 Å². The summed E-state index contributed by atoms with van der Waals surface area (Å²) in [6, 6.07) is 9.05. The minimum absolute atomic E-state index is 0.0798. The Hall–Kier alpha value is -2.10. The number of carboxylic acid groups (broad SMARTS) is 1. The minimum atomic E-state index is -1.04. The molecule has 4 nitrogen and oxygen atoms in total. The third kappa shape index (κ3) is 2.48. The van der Waals surface area contributed by atoms with E-state index in [4.69, 9.17) is 5.11 Å². The van der Waals surface area contributed by atoms with E-state index in [2.05, 4.69) is 9.68 Å². The zero-order valence-corrected chi connectivity index (χ0v) is 9.18. The van der Waals surface area contributed by atoms with Crippen LogP contribution >= 0.6 is 0 Å². The van der Waals surface area contributed by atoms with Gasteiger partial charge in [0.15, 0.2) is 0 Å². The first-order valence-electron chi connectivity index (χ1n) is 5.02. The summed E-state index contributed by atoms with van der Waals surface area (Å²) in [5.74, 6) is -1.04. The van der Waals surface area contributed by atoms with Gasteiger partial charge >= 0.3 is 5.97 Å². The Bertz CT molecular complexity index is 448. The highest BCUT2D eigenvalue weighted by molar-refractivity contribution is 5.94. The molecule has 1 heterocycles. The van der Waals surface area contributed by atoms with Crippen molar-refractivity contribution in [2.75, 3.05) is 0 Å². The number of carboxylic acids is 1. The average Bonchev–Trinajstić information content (AvgIpc) is 2.82. The number of benzene rings is 1. The standard InChI is InChI=1S/C10H7NO3.C2H6/c12-10(13)8-6-14-11-9(8)7-4-2-1-3-5-7;1-2/h1-6H,(H,12,13);1-2H3. The third-order valence-corrected chi connectivity index (χ3v) is 1.85. The number of nitrogens with zero attached hydrogens (tertiary/aromatic N) is 1. The first-order valence-corrected chi connectivity index (χ1v) is 5.02. The Morgan fingerprint density at radius 1 is 1.25 bits per heavy atom. The summed E-state index contributed by atoms with van der Waals surface area (Å²) in [5.41, 5.74) is 1.17. The summed E-state index contributed by atoms with van der Waals surface area (Å²) in [6.07, 6.45) is 1.13. The van der Waals surface area contributed by atoms with Gasteiger partial charge in [-0.2, -0.15) is 0 Å². The second-order valence-corrected chi connectivity index (χ2v) is 2.75. The first kappa shape index (κ1) is 12.0. The molecule has 0 spiro atoms. The molecule has 0 amide bonds. The third-order valence-electron chi connectivity index (χ3n) is 1.85. The van der Waals surface area contributed by atoms with Crippen LogP contribution in [-0.2, 0) is 0 Å². The van der Waals surface area contributed by atoms with E-state index in [1.54, 1.807) is 12.1 Å². The number of rotatable bonds is 2. The minimum Gasteiger partial charge on any atom is -0.477 e.